The fourth-order valence-electron chi connectivity index (χ4n) is 3.84. The lowest BCUT2D eigenvalue weighted by atomic mass is 9.84. The second kappa shape index (κ2) is 11.4. The van der Waals surface area contributed by atoms with Crippen molar-refractivity contribution in [2.24, 2.45) is 11.0 Å². The van der Waals surface area contributed by atoms with Crippen LogP contribution in [0.4, 0.5) is 11.4 Å². The number of anilines is 1. The number of sulfonamides is 1. The standard InChI is InChI=1S/C23H25N5O5S/c24-16-6-8-18-7-4-5-11-22(18)25-26-23(29)17-27(19-12-14-20(15-13-19)28(30)31)34(32,33)21-9-2-1-3-10-21/h1-3,9-10,12-15,18H,4-8,11,17H2,(H,26,29). The van der Waals surface area contributed by atoms with Crippen LogP contribution in [0.2, 0.25) is 0 Å². The number of nitro groups is 1. The fourth-order valence-corrected chi connectivity index (χ4v) is 5.28. The molecule has 2 aromatic rings. The molecule has 0 saturated heterocycles. The number of amides is 1. The number of rotatable bonds is 9. The largest absolute Gasteiger partial charge is 0.271 e. The van der Waals surface area contributed by atoms with E-state index in [1.165, 1.54) is 36.4 Å². The predicted molar refractivity (Wildman–Crippen MR) is 126 cm³/mol. The first kappa shape index (κ1) is 24.9. The van der Waals surface area contributed by atoms with Gasteiger partial charge in [0.1, 0.15) is 6.54 Å². The molecule has 0 aliphatic heterocycles. The molecular weight excluding hydrogens is 458 g/mol. The Hall–Kier alpha value is -3.78. The third kappa shape index (κ3) is 6.17. The van der Waals surface area contributed by atoms with E-state index < -0.39 is 27.4 Å². The van der Waals surface area contributed by atoms with Crippen molar-refractivity contribution >= 4 is 33.0 Å². The molecule has 0 aromatic heterocycles. The lowest BCUT2D eigenvalue weighted by molar-refractivity contribution is -0.384. The highest BCUT2D eigenvalue weighted by Crippen LogP contribution is 2.27. The molecule has 0 spiro atoms. The molecule has 1 saturated carbocycles. The van der Waals surface area contributed by atoms with Gasteiger partial charge in [0.25, 0.3) is 21.6 Å². The van der Waals surface area contributed by atoms with Crippen LogP contribution in [-0.4, -0.2) is 31.5 Å². The Bertz CT molecular complexity index is 1190. The summed E-state index contributed by atoms with van der Waals surface area (Å²) in [5, 5.41) is 24.1. The molecule has 0 radical (unpaired) electrons. The number of hydrogen-bond acceptors (Lipinski definition) is 7. The van der Waals surface area contributed by atoms with Crippen molar-refractivity contribution in [3.63, 3.8) is 0 Å². The summed E-state index contributed by atoms with van der Waals surface area (Å²) in [5.74, 6) is -0.525. The Morgan fingerprint density at radius 1 is 1.18 bits per heavy atom. The van der Waals surface area contributed by atoms with Gasteiger partial charge in [-0.15, -0.1) is 0 Å². The van der Waals surface area contributed by atoms with E-state index >= 15 is 0 Å². The van der Waals surface area contributed by atoms with Gasteiger partial charge in [-0.2, -0.15) is 10.4 Å². The smallest absolute Gasteiger partial charge is 0.269 e. The zero-order chi connectivity index (χ0) is 24.6. The molecule has 10 nitrogen and oxygen atoms in total. The van der Waals surface area contributed by atoms with Gasteiger partial charge in [-0.1, -0.05) is 24.6 Å². The van der Waals surface area contributed by atoms with E-state index in [4.69, 9.17) is 5.26 Å². The minimum atomic E-state index is -4.13. The van der Waals surface area contributed by atoms with Crippen LogP contribution in [-0.2, 0) is 14.8 Å². The first-order valence-electron chi connectivity index (χ1n) is 10.9. The highest BCUT2D eigenvalue weighted by atomic mass is 32.2. The lowest BCUT2D eigenvalue weighted by Crippen LogP contribution is -2.40. The maximum atomic E-state index is 13.3. The number of hydrogen-bond donors (Lipinski definition) is 1. The second-order valence-electron chi connectivity index (χ2n) is 7.88. The number of non-ortho nitro benzene ring substituents is 1. The first-order chi connectivity index (χ1) is 16.3. The van der Waals surface area contributed by atoms with Gasteiger partial charge in [-0.25, -0.2) is 13.8 Å². The van der Waals surface area contributed by atoms with E-state index in [-0.39, 0.29) is 22.2 Å². The number of nitrogens with one attached hydrogen (secondary N) is 1. The summed E-state index contributed by atoms with van der Waals surface area (Å²) >= 11 is 0. The molecule has 178 valence electrons. The average Bonchev–Trinajstić information content (AvgIpc) is 2.85. The Morgan fingerprint density at radius 3 is 2.53 bits per heavy atom. The van der Waals surface area contributed by atoms with Gasteiger partial charge in [0.05, 0.1) is 21.6 Å². The molecule has 1 amide bonds. The van der Waals surface area contributed by atoms with Gasteiger partial charge in [0, 0.05) is 30.2 Å². The van der Waals surface area contributed by atoms with Crippen molar-refractivity contribution in [1.29, 1.82) is 5.26 Å². The molecule has 1 fully saturated rings. The summed E-state index contributed by atoms with van der Waals surface area (Å²) in [7, 11) is -4.13. The Labute approximate surface area is 198 Å². The van der Waals surface area contributed by atoms with Gasteiger partial charge >= 0.3 is 0 Å². The van der Waals surface area contributed by atoms with Crippen LogP contribution in [0.1, 0.15) is 38.5 Å². The average molecular weight is 484 g/mol. The van der Waals surface area contributed by atoms with Gasteiger partial charge < -0.3 is 0 Å². The van der Waals surface area contributed by atoms with Crippen molar-refractivity contribution < 1.29 is 18.1 Å². The number of nitro benzene ring substituents is 1. The minimum absolute atomic E-state index is 0.0173. The highest BCUT2D eigenvalue weighted by Gasteiger charge is 2.28. The molecule has 34 heavy (non-hydrogen) atoms. The second-order valence-corrected chi connectivity index (χ2v) is 9.74. The molecule has 3 rings (SSSR count). The molecule has 1 atom stereocenters. The summed E-state index contributed by atoms with van der Waals surface area (Å²) < 4.78 is 27.5. The van der Waals surface area contributed by atoms with Gasteiger partial charge in [-0.3, -0.25) is 19.2 Å². The summed E-state index contributed by atoms with van der Waals surface area (Å²) in [4.78, 5) is 23.1. The summed E-state index contributed by atoms with van der Waals surface area (Å²) in [5.41, 5.74) is 3.19. The van der Waals surface area contributed by atoms with Crippen molar-refractivity contribution in [3.05, 3.63) is 64.7 Å². The molecule has 1 aliphatic carbocycles. The van der Waals surface area contributed by atoms with Crippen LogP contribution in [0.25, 0.3) is 0 Å². The third-order valence-electron chi connectivity index (χ3n) is 5.60. The molecule has 2 aromatic carbocycles. The summed E-state index contributed by atoms with van der Waals surface area (Å²) in [6, 6.07) is 14.7. The van der Waals surface area contributed by atoms with Crippen LogP contribution in [0.3, 0.4) is 0 Å². The zero-order valence-electron chi connectivity index (χ0n) is 18.5. The number of nitrogens with zero attached hydrogens (tertiary/aromatic N) is 4. The van der Waals surface area contributed by atoms with Gasteiger partial charge in [0.15, 0.2) is 0 Å². The highest BCUT2D eigenvalue weighted by molar-refractivity contribution is 7.92. The molecule has 0 heterocycles. The van der Waals surface area contributed by atoms with Gasteiger partial charge in [-0.05, 0) is 49.9 Å². The molecule has 1 aliphatic rings. The van der Waals surface area contributed by atoms with Crippen molar-refractivity contribution in [2.45, 2.75) is 43.4 Å². The number of carbonyl (C=O) groups is 1. The predicted octanol–water partition coefficient (Wildman–Crippen LogP) is 3.76. The molecule has 1 unspecified atom stereocenters. The SMILES string of the molecule is N#CCCC1CCCCC1=NNC(=O)CN(c1ccc([N+](=O)[O-])cc1)S(=O)(=O)c1ccccc1. The van der Waals surface area contributed by atoms with Crippen molar-refractivity contribution in [1.82, 2.24) is 5.43 Å². The van der Waals surface area contributed by atoms with E-state index in [1.54, 1.807) is 18.2 Å². The Balaban J connectivity index is 1.84. The molecular formula is C23H25N5O5S. The normalized spacial score (nSPS) is 17.0. The minimum Gasteiger partial charge on any atom is -0.271 e. The zero-order valence-corrected chi connectivity index (χ0v) is 19.3. The third-order valence-corrected chi connectivity index (χ3v) is 7.39. The number of benzene rings is 2. The Morgan fingerprint density at radius 2 is 1.88 bits per heavy atom. The Kier molecular flexibility index (Phi) is 8.32. The molecule has 0 bridgehead atoms. The first-order valence-corrected chi connectivity index (χ1v) is 12.3. The van der Waals surface area contributed by atoms with Crippen LogP contribution < -0.4 is 9.73 Å². The number of hydrazone groups is 1. The van der Waals surface area contributed by atoms with E-state index in [0.29, 0.717) is 19.3 Å². The topological polar surface area (TPSA) is 146 Å². The van der Waals surface area contributed by atoms with E-state index in [0.717, 1.165) is 29.3 Å². The molecule has 1 N–H and O–H groups in total. The number of nitriles is 1. The van der Waals surface area contributed by atoms with Crippen LogP contribution in [0.5, 0.6) is 0 Å². The maximum Gasteiger partial charge on any atom is 0.269 e. The monoisotopic (exact) mass is 483 g/mol. The van der Waals surface area contributed by atoms with E-state index in [9.17, 15) is 23.3 Å². The fraction of sp³-hybridized carbons (Fsp3) is 0.348. The molecule has 11 heteroatoms. The number of carbonyl (C=O) groups excluding carboxylic acids is 1. The van der Waals surface area contributed by atoms with Crippen LogP contribution in [0.15, 0.2) is 64.6 Å². The van der Waals surface area contributed by atoms with Crippen LogP contribution >= 0.6 is 0 Å². The summed E-state index contributed by atoms with van der Waals surface area (Å²) in [6.07, 6.45) is 4.66. The quantitative estimate of drug-likeness (QED) is 0.424. The summed E-state index contributed by atoms with van der Waals surface area (Å²) in [6.45, 7) is -0.561. The van der Waals surface area contributed by atoms with Crippen molar-refractivity contribution in [2.75, 3.05) is 10.8 Å². The maximum absolute atomic E-state index is 13.3. The van der Waals surface area contributed by atoms with Gasteiger partial charge in [0.2, 0.25) is 0 Å². The van der Waals surface area contributed by atoms with Crippen LogP contribution in [0, 0.1) is 27.4 Å². The lowest BCUT2D eigenvalue weighted by Gasteiger charge is -2.25. The van der Waals surface area contributed by atoms with E-state index in [1.807, 2.05) is 0 Å². The van der Waals surface area contributed by atoms with Crippen molar-refractivity contribution in [3.8, 4) is 6.07 Å². The van der Waals surface area contributed by atoms with E-state index in [2.05, 4.69) is 16.6 Å².